The van der Waals surface area contributed by atoms with Crippen molar-refractivity contribution in [3.8, 4) is 11.5 Å². The van der Waals surface area contributed by atoms with Gasteiger partial charge in [0.05, 0.1) is 6.61 Å². The highest BCUT2D eigenvalue weighted by molar-refractivity contribution is 6.22. The zero-order valence-electron chi connectivity index (χ0n) is 20.7. The largest absolute Gasteiger partial charge is 0.457 e. The molecule has 2 aromatic carbocycles. The molecule has 3 heterocycles. The van der Waals surface area contributed by atoms with Crippen molar-refractivity contribution in [2.75, 3.05) is 39.3 Å². The number of ether oxygens (including phenoxy) is 1. The van der Waals surface area contributed by atoms with Gasteiger partial charge < -0.3 is 9.84 Å². The minimum atomic E-state index is -1.63. The summed E-state index contributed by atoms with van der Waals surface area (Å²) in [6.07, 6.45) is 4.10. The first-order valence-corrected chi connectivity index (χ1v) is 13.1. The normalized spacial score (nSPS) is 23.3. The summed E-state index contributed by atoms with van der Waals surface area (Å²) in [4.78, 5) is 42.9. The number of carbonyl (C=O) groups excluding carboxylic acids is 3. The van der Waals surface area contributed by atoms with E-state index in [4.69, 9.17) is 4.74 Å². The van der Waals surface area contributed by atoms with E-state index in [0.717, 1.165) is 31.7 Å². The average Bonchev–Trinajstić information content (AvgIpc) is 3.71. The van der Waals surface area contributed by atoms with Crippen molar-refractivity contribution in [3.05, 3.63) is 59.7 Å². The van der Waals surface area contributed by atoms with Crippen LogP contribution < -0.4 is 15.4 Å². The highest BCUT2D eigenvalue weighted by Gasteiger charge is 2.58. The van der Waals surface area contributed by atoms with Crippen molar-refractivity contribution >= 4 is 17.8 Å². The Morgan fingerprint density at radius 1 is 0.919 bits per heavy atom. The van der Waals surface area contributed by atoms with Crippen LogP contribution in [0, 0.1) is 5.41 Å². The number of barbiturate groups is 1. The summed E-state index contributed by atoms with van der Waals surface area (Å²) >= 11 is 0. The third-order valence-corrected chi connectivity index (χ3v) is 8.36. The van der Waals surface area contributed by atoms with Gasteiger partial charge in [0.2, 0.25) is 5.54 Å². The van der Waals surface area contributed by atoms with E-state index in [9.17, 15) is 19.5 Å². The summed E-state index contributed by atoms with van der Waals surface area (Å²) in [5, 5.41) is 13.9. The number of imide groups is 2. The number of β-amino-alcohol motifs (C(OH)–C–C–N with tert-alkyl or cyclic N) is 1. The van der Waals surface area contributed by atoms with E-state index in [1.165, 1.54) is 18.4 Å². The third-order valence-electron chi connectivity index (χ3n) is 8.36. The fourth-order valence-corrected chi connectivity index (χ4v) is 6.24. The second kappa shape index (κ2) is 9.24. The van der Waals surface area contributed by atoms with Crippen LogP contribution in [0.25, 0.3) is 0 Å². The van der Waals surface area contributed by atoms with E-state index in [1.54, 1.807) is 24.3 Å². The molecule has 1 spiro atoms. The van der Waals surface area contributed by atoms with Gasteiger partial charge in [-0.2, -0.15) is 0 Å². The first-order valence-electron chi connectivity index (χ1n) is 13.1. The number of hydrogen-bond acceptors (Lipinski definition) is 7. The molecule has 194 valence electrons. The molecule has 4 fully saturated rings. The number of hydrogen-bond donors (Lipinski definition) is 3. The Balaban J connectivity index is 1.24. The molecule has 6 rings (SSSR count). The van der Waals surface area contributed by atoms with Gasteiger partial charge in [0.1, 0.15) is 11.5 Å². The molecular weight excluding hydrogens is 472 g/mol. The van der Waals surface area contributed by atoms with Crippen LogP contribution >= 0.6 is 0 Å². The lowest BCUT2D eigenvalue weighted by molar-refractivity contribution is -0.153. The van der Waals surface area contributed by atoms with Gasteiger partial charge in [-0.05, 0) is 72.4 Å². The van der Waals surface area contributed by atoms with Crippen LogP contribution in [0.15, 0.2) is 48.5 Å². The number of aliphatic hydroxyl groups excluding tert-OH is 1. The van der Waals surface area contributed by atoms with Crippen molar-refractivity contribution < 1.29 is 24.2 Å². The van der Waals surface area contributed by atoms with Crippen molar-refractivity contribution in [2.45, 2.75) is 37.1 Å². The number of rotatable bonds is 7. The molecule has 37 heavy (non-hydrogen) atoms. The summed E-state index contributed by atoms with van der Waals surface area (Å²) < 4.78 is 6.08. The lowest BCUT2D eigenvalue weighted by Gasteiger charge is -2.56. The number of urea groups is 1. The molecule has 4 amide bonds. The number of piperidine rings is 1. The van der Waals surface area contributed by atoms with Gasteiger partial charge >= 0.3 is 6.03 Å². The number of carbonyl (C=O) groups is 3. The number of likely N-dealkylation sites (tertiary alicyclic amines) is 2. The number of benzene rings is 2. The molecule has 0 radical (unpaired) electrons. The fourth-order valence-electron chi connectivity index (χ4n) is 6.24. The molecule has 2 aromatic rings. The Morgan fingerprint density at radius 3 is 2.22 bits per heavy atom. The quantitative estimate of drug-likeness (QED) is 0.496. The number of nitrogens with zero attached hydrogens (tertiary/aromatic N) is 2. The van der Waals surface area contributed by atoms with E-state index in [-0.39, 0.29) is 12.0 Å². The van der Waals surface area contributed by atoms with Crippen molar-refractivity contribution in [1.29, 1.82) is 0 Å². The second-order valence-corrected chi connectivity index (χ2v) is 10.8. The van der Waals surface area contributed by atoms with Crippen LogP contribution in [0.1, 0.15) is 42.7 Å². The van der Waals surface area contributed by atoms with Crippen LogP contribution in [0.3, 0.4) is 0 Å². The Kier molecular flexibility index (Phi) is 6.01. The second-order valence-electron chi connectivity index (χ2n) is 10.8. The van der Waals surface area contributed by atoms with Crippen LogP contribution in [0.2, 0.25) is 0 Å². The number of aliphatic hydroxyl groups is 1. The summed E-state index contributed by atoms with van der Waals surface area (Å²) in [5.41, 5.74) is 0.300. The van der Waals surface area contributed by atoms with Gasteiger partial charge in [-0.1, -0.05) is 24.3 Å². The van der Waals surface area contributed by atoms with Gasteiger partial charge in [-0.3, -0.25) is 30.0 Å². The predicted molar refractivity (Wildman–Crippen MR) is 135 cm³/mol. The van der Waals surface area contributed by atoms with E-state index < -0.39 is 23.4 Å². The molecule has 3 saturated heterocycles. The topological polar surface area (TPSA) is 111 Å². The molecule has 4 aliphatic rings. The minimum absolute atomic E-state index is 0.144. The standard InChI is InChI=1S/C28H32N4O5/c33-15-14-31-17-27(18-31)10-12-32(13-11-27)28(24(34)29-26(36)30-25(28)35)21-6-8-22(9-7-21)37-23-3-1-2-20(16-23)19-4-5-19/h1-3,6-9,16,19,33H,4-5,10-15,17-18H2,(H2,29,30,34,35,36). The lowest BCUT2D eigenvalue weighted by atomic mass is 9.70. The predicted octanol–water partition coefficient (Wildman–Crippen LogP) is 2.31. The van der Waals surface area contributed by atoms with Gasteiger partial charge in [0, 0.05) is 32.7 Å². The molecule has 3 N–H and O–H groups in total. The first kappa shape index (κ1) is 24.1. The Hall–Kier alpha value is -3.27. The van der Waals surface area contributed by atoms with Crippen molar-refractivity contribution in [3.63, 3.8) is 0 Å². The third kappa shape index (κ3) is 4.31. The van der Waals surface area contributed by atoms with Gasteiger partial charge in [0.25, 0.3) is 11.8 Å². The van der Waals surface area contributed by atoms with E-state index in [2.05, 4.69) is 27.7 Å². The lowest BCUT2D eigenvalue weighted by Crippen LogP contribution is -2.73. The SMILES string of the molecule is O=C1NC(=O)C(c2ccc(Oc3cccc(C4CC4)c3)cc2)(N2CCC3(CC2)CN(CCO)C3)C(=O)N1. The van der Waals surface area contributed by atoms with Crippen LogP contribution in [0.5, 0.6) is 11.5 Å². The summed E-state index contributed by atoms with van der Waals surface area (Å²) in [5.74, 6) is 0.730. The van der Waals surface area contributed by atoms with E-state index in [1.807, 2.05) is 17.0 Å². The Bertz CT molecular complexity index is 1190. The molecule has 0 aromatic heterocycles. The summed E-state index contributed by atoms with van der Waals surface area (Å²) in [6, 6.07) is 14.3. The van der Waals surface area contributed by atoms with Crippen molar-refractivity contribution in [2.24, 2.45) is 5.41 Å². The van der Waals surface area contributed by atoms with E-state index in [0.29, 0.717) is 36.9 Å². The molecule has 0 unspecified atom stereocenters. The summed E-state index contributed by atoms with van der Waals surface area (Å²) in [7, 11) is 0. The fraction of sp³-hybridized carbons (Fsp3) is 0.464. The Labute approximate surface area is 215 Å². The molecule has 0 atom stereocenters. The zero-order chi connectivity index (χ0) is 25.6. The Morgan fingerprint density at radius 2 is 1.59 bits per heavy atom. The maximum Gasteiger partial charge on any atom is 0.328 e. The highest BCUT2D eigenvalue weighted by Crippen LogP contribution is 2.44. The summed E-state index contributed by atoms with van der Waals surface area (Å²) in [6.45, 7) is 3.74. The first-order chi connectivity index (χ1) is 17.9. The monoisotopic (exact) mass is 504 g/mol. The maximum absolute atomic E-state index is 13.4. The van der Waals surface area contributed by atoms with E-state index >= 15 is 0 Å². The van der Waals surface area contributed by atoms with Gasteiger partial charge in [-0.25, -0.2) is 4.79 Å². The van der Waals surface area contributed by atoms with Crippen LogP contribution in [-0.4, -0.2) is 72.1 Å². The molecule has 3 aliphatic heterocycles. The van der Waals surface area contributed by atoms with Gasteiger partial charge in [0.15, 0.2) is 0 Å². The number of nitrogens with one attached hydrogen (secondary N) is 2. The molecule has 0 bridgehead atoms. The minimum Gasteiger partial charge on any atom is -0.457 e. The molecular formula is C28H32N4O5. The maximum atomic E-state index is 13.4. The molecule has 9 heteroatoms. The molecule has 9 nitrogen and oxygen atoms in total. The molecule has 1 aliphatic carbocycles. The van der Waals surface area contributed by atoms with Gasteiger partial charge in [-0.15, -0.1) is 0 Å². The molecule has 1 saturated carbocycles. The zero-order valence-corrected chi connectivity index (χ0v) is 20.7. The smallest absolute Gasteiger partial charge is 0.328 e. The van der Waals surface area contributed by atoms with Crippen LogP contribution in [0.4, 0.5) is 4.79 Å². The van der Waals surface area contributed by atoms with Crippen molar-refractivity contribution in [1.82, 2.24) is 20.4 Å². The van der Waals surface area contributed by atoms with Crippen LogP contribution in [-0.2, 0) is 15.1 Å². The average molecular weight is 505 g/mol. The number of amides is 4. The highest BCUT2D eigenvalue weighted by atomic mass is 16.5.